The Morgan fingerprint density at radius 3 is 2.72 bits per heavy atom. The molecule has 1 saturated heterocycles. The number of para-hydroxylation sites is 1. The van der Waals surface area contributed by atoms with Gasteiger partial charge in [0.25, 0.3) is 5.91 Å². The summed E-state index contributed by atoms with van der Waals surface area (Å²) in [5.41, 5.74) is 0.769. The van der Waals surface area contributed by atoms with Gasteiger partial charge in [0.05, 0.1) is 13.2 Å². The van der Waals surface area contributed by atoms with Crippen molar-refractivity contribution in [2.45, 2.75) is 25.9 Å². The first-order valence-electron chi connectivity index (χ1n) is 8.39. The third kappa shape index (κ3) is 4.42. The summed E-state index contributed by atoms with van der Waals surface area (Å²) in [7, 11) is 0. The lowest BCUT2D eigenvalue weighted by molar-refractivity contribution is -0.155. The molecule has 0 unspecified atom stereocenters. The van der Waals surface area contributed by atoms with E-state index < -0.39 is 5.97 Å². The Bertz CT molecular complexity index is 651. The van der Waals surface area contributed by atoms with Crippen LogP contribution in [0.5, 0.6) is 11.5 Å². The molecule has 0 saturated carbocycles. The molecule has 2 heterocycles. The molecule has 0 bridgehead atoms. The zero-order chi connectivity index (χ0) is 17.9. The molecule has 136 valence electrons. The summed E-state index contributed by atoms with van der Waals surface area (Å²) >= 11 is 0. The second-order valence-corrected chi connectivity index (χ2v) is 6.73. The van der Waals surface area contributed by atoms with Gasteiger partial charge in [-0.05, 0) is 19.9 Å². The van der Waals surface area contributed by atoms with Crippen molar-refractivity contribution in [3.05, 3.63) is 23.8 Å². The van der Waals surface area contributed by atoms with Gasteiger partial charge in [0.2, 0.25) is 0 Å². The molecule has 3 rings (SSSR count). The van der Waals surface area contributed by atoms with Gasteiger partial charge in [-0.1, -0.05) is 12.1 Å². The number of ether oxygens (including phenoxy) is 4. The topological polar surface area (TPSA) is 74.3 Å². The highest BCUT2D eigenvalue weighted by atomic mass is 16.6. The SMILES string of the molecule is CC1(C)Cc2cccc(OCC(=O)OCC(=O)N3CCOCC3)c2O1. The quantitative estimate of drug-likeness (QED) is 0.743. The molecule has 0 radical (unpaired) electrons. The number of hydrogen-bond acceptors (Lipinski definition) is 6. The van der Waals surface area contributed by atoms with Gasteiger partial charge < -0.3 is 23.8 Å². The molecular formula is C18H23NO6. The Balaban J connectivity index is 1.47. The van der Waals surface area contributed by atoms with Crippen LogP contribution in [0, 0.1) is 0 Å². The second kappa shape index (κ2) is 7.31. The number of esters is 1. The maximum absolute atomic E-state index is 11.9. The van der Waals surface area contributed by atoms with Crippen LogP contribution in [-0.4, -0.2) is 61.9 Å². The van der Waals surface area contributed by atoms with Crippen LogP contribution in [0.2, 0.25) is 0 Å². The van der Waals surface area contributed by atoms with E-state index in [1.165, 1.54) is 0 Å². The van der Waals surface area contributed by atoms with Crippen LogP contribution in [0.25, 0.3) is 0 Å². The summed E-state index contributed by atoms with van der Waals surface area (Å²) in [6, 6.07) is 5.61. The molecule has 2 aliphatic heterocycles. The van der Waals surface area contributed by atoms with Crippen molar-refractivity contribution >= 4 is 11.9 Å². The second-order valence-electron chi connectivity index (χ2n) is 6.73. The van der Waals surface area contributed by atoms with Crippen LogP contribution in [0.1, 0.15) is 19.4 Å². The Morgan fingerprint density at radius 2 is 1.96 bits per heavy atom. The van der Waals surface area contributed by atoms with Gasteiger partial charge in [0, 0.05) is 25.1 Å². The zero-order valence-electron chi connectivity index (χ0n) is 14.6. The third-order valence-electron chi connectivity index (χ3n) is 4.12. The first-order chi connectivity index (χ1) is 11.9. The summed E-state index contributed by atoms with van der Waals surface area (Å²) in [5.74, 6) is 0.378. The van der Waals surface area contributed by atoms with Crippen LogP contribution in [0.15, 0.2) is 18.2 Å². The highest BCUT2D eigenvalue weighted by molar-refractivity contribution is 5.81. The van der Waals surface area contributed by atoms with E-state index in [1.54, 1.807) is 11.0 Å². The van der Waals surface area contributed by atoms with Crippen LogP contribution >= 0.6 is 0 Å². The van der Waals surface area contributed by atoms with Crippen molar-refractivity contribution in [2.75, 3.05) is 39.5 Å². The van der Waals surface area contributed by atoms with Gasteiger partial charge >= 0.3 is 5.97 Å². The third-order valence-corrected chi connectivity index (χ3v) is 4.12. The minimum absolute atomic E-state index is 0.220. The molecule has 0 aliphatic carbocycles. The lowest BCUT2D eigenvalue weighted by Crippen LogP contribution is -2.42. The molecule has 2 aliphatic rings. The summed E-state index contributed by atoms with van der Waals surface area (Å²) in [4.78, 5) is 25.4. The van der Waals surface area contributed by atoms with E-state index in [-0.39, 0.29) is 24.7 Å². The minimum Gasteiger partial charge on any atom is -0.483 e. The van der Waals surface area contributed by atoms with E-state index in [1.807, 2.05) is 26.0 Å². The minimum atomic E-state index is -0.587. The molecule has 7 nitrogen and oxygen atoms in total. The van der Waals surface area contributed by atoms with Crippen molar-refractivity contribution in [3.8, 4) is 11.5 Å². The fourth-order valence-corrected chi connectivity index (χ4v) is 2.93. The number of nitrogens with zero attached hydrogens (tertiary/aromatic N) is 1. The van der Waals surface area contributed by atoms with Gasteiger partial charge in [-0.25, -0.2) is 4.79 Å². The lowest BCUT2D eigenvalue weighted by atomic mass is 10.0. The number of fused-ring (bicyclic) bond motifs is 1. The molecule has 1 amide bonds. The van der Waals surface area contributed by atoms with Crippen molar-refractivity contribution < 1.29 is 28.5 Å². The van der Waals surface area contributed by atoms with Gasteiger partial charge in [-0.15, -0.1) is 0 Å². The van der Waals surface area contributed by atoms with Crippen LogP contribution < -0.4 is 9.47 Å². The number of carbonyl (C=O) groups is 2. The molecule has 0 aromatic heterocycles. The predicted molar refractivity (Wildman–Crippen MR) is 88.7 cm³/mol. The van der Waals surface area contributed by atoms with Crippen LogP contribution in [-0.2, 0) is 25.5 Å². The first kappa shape index (κ1) is 17.5. The van der Waals surface area contributed by atoms with E-state index in [9.17, 15) is 9.59 Å². The predicted octanol–water partition coefficient (Wildman–Crippen LogP) is 1.18. The van der Waals surface area contributed by atoms with Gasteiger partial charge in [0.15, 0.2) is 24.7 Å². The number of carbonyl (C=O) groups excluding carboxylic acids is 2. The summed E-state index contributed by atoms with van der Waals surface area (Å²) < 4.78 is 21.6. The van der Waals surface area contributed by atoms with Gasteiger partial charge in [-0.2, -0.15) is 0 Å². The average Bonchev–Trinajstić information content (AvgIpc) is 2.93. The van der Waals surface area contributed by atoms with E-state index in [4.69, 9.17) is 18.9 Å². The molecule has 0 N–H and O–H groups in total. The fraction of sp³-hybridized carbons (Fsp3) is 0.556. The first-order valence-corrected chi connectivity index (χ1v) is 8.39. The molecule has 0 atom stereocenters. The normalized spacial score (nSPS) is 18.2. The van der Waals surface area contributed by atoms with Gasteiger partial charge in [0.1, 0.15) is 5.60 Å². The average molecular weight is 349 g/mol. The highest BCUT2D eigenvalue weighted by Crippen LogP contribution is 2.41. The number of hydrogen-bond donors (Lipinski definition) is 0. The summed E-state index contributed by atoms with van der Waals surface area (Å²) in [6.45, 7) is 5.53. The Kier molecular flexibility index (Phi) is 5.13. The van der Waals surface area contributed by atoms with Gasteiger partial charge in [-0.3, -0.25) is 4.79 Å². The van der Waals surface area contributed by atoms with E-state index in [0.29, 0.717) is 37.8 Å². The maximum atomic E-state index is 11.9. The highest BCUT2D eigenvalue weighted by Gasteiger charge is 2.32. The number of rotatable bonds is 5. The Labute approximate surface area is 146 Å². The molecule has 25 heavy (non-hydrogen) atoms. The van der Waals surface area contributed by atoms with Crippen molar-refractivity contribution in [1.82, 2.24) is 4.90 Å². The lowest BCUT2D eigenvalue weighted by Gasteiger charge is -2.26. The molecule has 1 aromatic rings. The Morgan fingerprint density at radius 1 is 1.20 bits per heavy atom. The maximum Gasteiger partial charge on any atom is 0.344 e. The zero-order valence-corrected chi connectivity index (χ0v) is 14.6. The summed E-state index contributed by atoms with van der Waals surface area (Å²) in [6.07, 6.45) is 0.790. The molecular weight excluding hydrogens is 326 g/mol. The molecule has 1 fully saturated rings. The summed E-state index contributed by atoms with van der Waals surface area (Å²) in [5, 5.41) is 0. The molecule has 0 spiro atoms. The Hall–Kier alpha value is -2.28. The standard InChI is InChI=1S/C18H23NO6/c1-18(2)10-13-4-3-5-14(17(13)25-18)23-12-16(21)24-11-15(20)19-6-8-22-9-7-19/h3-5H,6-12H2,1-2H3. The van der Waals surface area contributed by atoms with Crippen molar-refractivity contribution in [3.63, 3.8) is 0 Å². The largest absolute Gasteiger partial charge is 0.483 e. The fourth-order valence-electron chi connectivity index (χ4n) is 2.93. The monoisotopic (exact) mass is 349 g/mol. The van der Waals surface area contributed by atoms with Crippen LogP contribution in [0.4, 0.5) is 0 Å². The molecule has 1 aromatic carbocycles. The molecule has 7 heteroatoms. The number of amides is 1. The van der Waals surface area contributed by atoms with Crippen LogP contribution in [0.3, 0.4) is 0 Å². The van der Waals surface area contributed by atoms with E-state index >= 15 is 0 Å². The number of morpholine rings is 1. The van der Waals surface area contributed by atoms with E-state index in [2.05, 4.69) is 0 Å². The van der Waals surface area contributed by atoms with Crippen molar-refractivity contribution in [2.24, 2.45) is 0 Å². The smallest absolute Gasteiger partial charge is 0.344 e. The van der Waals surface area contributed by atoms with E-state index in [0.717, 1.165) is 12.0 Å². The number of benzene rings is 1. The van der Waals surface area contributed by atoms with Crippen molar-refractivity contribution in [1.29, 1.82) is 0 Å².